The van der Waals surface area contributed by atoms with Gasteiger partial charge in [0.1, 0.15) is 11.8 Å². The predicted octanol–water partition coefficient (Wildman–Crippen LogP) is 4.61. The van der Waals surface area contributed by atoms with Gasteiger partial charge in [0.25, 0.3) is 5.91 Å². The second kappa shape index (κ2) is 8.95. The minimum atomic E-state index is -0.698. The van der Waals surface area contributed by atoms with Crippen molar-refractivity contribution in [1.82, 2.24) is 4.98 Å². The third-order valence-corrected chi connectivity index (χ3v) is 5.65. The van der Waals surface area contributed by atoms with E-state index in [9.17, 15) is 9.59 Å². The van der Waals surface area contributed by atoms with Crippen LogP contribution in [0.3, 0.4) is 0 Å². The van der Waals surface area contributed by atoms with Gasteiger partial charge in [0.2, 0.25) is 0 Å². The Kier molecular flexibility index (Phi) is 6.57. The monoisotopic (exact) mass is 416 g/mol. The smallest absolute Gasteiger partial charge is 0.329 e. The van der Waals surface area contributed by atoms with Crippen molar-refractivity contribution in [3.05, 3.63) is 28.6 Å². The summed E-state index contributed by atoms with van der Waals surface area (Å²) in [7, 11) is 0. The molecule has 0 aliphatic carbocycles. The van der Waals surface area contributed by atoms with E-state index in [0.717, 1.165) is 29.1 Å². The van der Waals surface area contributed by atoms with E-state index in [1.165, 1.54) is 4.90 Å². The number of rotatable bonds is 7. The van der Waals surface area contributed by atoms with Crippen LogP contribution in [0.1, 0.15) is 52.5 Å². The van der Waals surface area contributed by atoms with Crippen LogP contribution in [-0.2, 0) is 20.7 Å². The zero-order chi connectivity index (χ0) is 21.1. The standard InChI is InChI=1S/C22H28N2O4S/c1-6-8-20-23-16(12-29-20)15-9-10-19-18(11-15)24(21(25)14(5)28-19)17(7-2)22(26)27-13(3)4/h9-14,17H,6-8H2,1-5H3. The average Bonchev–Trinajstić information content (AvgIpc) is 3.13. The molecule has 0 bridgehead atoms. The molecule has 7 heteroatoms. The average molecular weight is 417 g/mol. The number of carbonyl (C=O) groups is 2. The van der Waals surface area contributed by atoms with E-state index in [4.69, 9.17) is 14.5 Å². The zero-order valence-electron chi connectivity index (χ0n) is 17.6. The molecule has 6 nitrogen and oxygen atoms in total. The number of hydrogen-bond donors (Lipinski definition) is 0. The van der Waals surface area contributed by atoms with Gasteiger partial charge in [0.05, 0.1) is 22.5 Å². The molecule has 1 aliphatic heterocycles. The Morgan fingerprint density at radius 1 is 1.34 bits per heavy atom. The maximum atomic E-state index is 13.0. The van der Waals surface area contributed by atoms with Crippen LogP contribution in [0, 0.1) is 0 Å². The van der Waals surface area contributed by atoms with E-state index in [1.54, 1.807) is 32.1 Å². The SMILES string of the molecule is CCCc1nc(-c2ccc3c(c2)N(C(CC)C(=O)OC(C)C)C(=O)C(C)O3)cs1. The molecule has 0 fully saturated rings. The molecule has 0 saturated carbocycles. The topological polar surface area (TPSA) is 68.7 Å². The number of esters is 1. The van der Waals surface area contributed by atoms with Crippen LogP contribution >= 0.6 is 11.3 Å². The van der Waals surface area contributed by atoms with Gasteiger partial charge in [-0.2, -0.15) is 0 Å². The van der Waals surface area contributed by atoms with Gasteiger partial charge in [-0.1, -0.05) is 13.8 Å². The van der Waals surface area contributed by atoms with Crippen molar-refractivity contribution in [2.24, 2.45) is 0 Å². The number of benzene rings is 1. The van der Waals surface area contributed by atoms with E-state index in [-0.39, 0.29) is 12.0 Å². The van der Waals surface area contributed by atoms with Gasteiger partial charge >= 0.3 is 5.97 Å². The number of anilines is 1. The summed E-state index contributed by atoms with van der Waals surface area (Å²) in [4.78, 5) is 31.9. The zero-order valence-corrected chi connectivity index (χ0v) is 18.4. The Morgan fingerprint density at radius 2 is 2.10 bits per heavy atom. The molecule has 2 atom stereocenters. The van der Waals surface area contributed by atoms with Crippen LogP contribution in [0.25, 0.3) is 11.3 Å². The number of fused-ring (bicyclic) bond motifs is 1. The maximum absolute atomic E-state index is 13.0. The van der Waals surface area contributed by atoms with Crippen LogP contribution in [0.4, 0.5) is 5.69 Å². The van der Waals surface area contributed by atoms with Gasteiger partial charge in [-0.15, -0.1) is 11.3 Å². The van der Waals surface area contributed by atoms with Gasteiger partial charge < -0.3 is 9.47 Å². The quantitative estimate of drug-likeness (QED) is 0.617. The number of aromatic nitrogens is 1. The molecule has 0 radical (unpaired) electrons. The van der Waals surface area contributed by atoms with Crippen molar-refractivity contribution in [3.8, 4) is 17.0 Å². The normalized spacial score (nSPS) is 17.1. The highest BCUT2D eigenvalue weighted by Gasteiger charge is 2.39. The van der Waals surface area contributed by atoms with Crippen molar-refractivity contribution in [2.75, 3.05) is 4.90 Å². The van der Waals surface area contributed by atoms with Gasteiger partial charge in [-0.25, -0.2) is 9.78 Å². The minimum absolute atomic E-state index is 0.243. The Morgan fingerprint density at radius 3 is 2.76 bits per heavy atom. The highest BCUT2D eigenvalue weighted by Crippen LogP contribution is 2.39. The molecule has 29 heavy (non-hydrogen) atoms. The summed E-state index contributed by atoms with van der Waals surface area (Å²) < 4.78 is 11.2. The fraction of sp³-hybridized carbons (Fsp3) is 0.500. The van der Waals surface area contributed by atoms with Crippen LogP contribution < -0.4 is 9.64 Å². The number of ether oxygens (including phenoxy) is 2. The molecule has 3 rings (SSSR count). The first-order valence-electron chi connectivity index (χ1n) is 10.1. The van der Waals surface area contributed by atoms with Gasteiger partial charge in [-0.05, 0) is 58.2 Å². The predicted molar refractivity (Wildman–Crippen MR) is 114 cm³/mol. The second-order valence-corrected chi connectivity index (χ2v) is 8.38. The van der Waals surface area contributed by atoms with E-state index < -0.39 is 18.1 Å². The molecule has 0 spiro atoms. The number of thiazole rings is 1. The number of amides is 1. The molecule has 0 N–H and O–H groups in total. The Labute approximate surface area is 175 Å². The van der Waals surface area contributed by atoms with Crippen LogP contribution in [0.15, 0.2) is 23.6 Å². The lowest BCUT2D eigenvalue weighted by molar-refractivity contribution is -0.150. The van der Waals surface area contributed by atoms with Crippen molar-refractivity contribution < 1.29 is 19.1 Å². The maximum Gasteiger partial charge on any atom is 0.329 e. The van der Waals surface area contributed by atoms with Crippen molar-refractivity contribution in [3.63, 3.8) is 0 Å². The van der Waals surface area contributed by atoms with Gasteiger partial charge in [0.15, 0.2) is 6.10 Å². The van der Waals surface area contributed by atoms with Crippen LogP contribution in [0.2, 0.25) is 0 Å². The van der Waals surface area contributed by atoms with Crippen molar-refractivity contribution in [1.29, 1.82) is 0 Å². The van der Waals surface area contributed by atoms with Gasteiger partial charge in [-0.3, -0.25) is 9.69 Å². The Bertz CT molecular complexity index is 893. The molecule has 2 unspecified atom stereocenters. The number of aryl methyl sites for hydroxylation is 1. The highest BCUT2D eigenvalue weighted by atomic mass is 32.1. The summed E-state index contributed by atoms with van der Waals surface area (Å²) in [5, 5.41) is 3.11. The molecule has 1 aromatic heterocycles. The van der Waals surface area contributed by atoms with Crippen LogP contribution in [-0.4, -0.2) is 35.1 Å². The largest absolute Gasteiger partial charge is 0.479 e. The molecular weight excluding hydrogens is 388 g/mol. The lowest BCUT2D eigenvalue weighted by atomic mass is 10.0. The highest BCUT2D eigenvalue weighted by molar-refractivity contribution is 7.09. The van der Waals surface area contributed by atoms with Crippen molar-refractivity contribution in [2.45, 2.75) is 72.1 Å². The Balaban J connectivity index is 2.02. The lowest BCUT2D eigenvalue weighted by Crippen LogP contribution is -2.53. The molecule has 2 aromatic rings. The second-order valence-electron chi connectivity index (χ2n) is 7.44. The summed E-state index contributed by atoms with van der Waals surface area (Å²) in [6.07, 6.45) is 1.53. The van der Waals surface area contributed by atoms with Crippen LogP contribution in [0.5, 0.6) is 5.75 Å². The third-order valence-electron chi connectivity index (χ3n) is 4.74. The van der Waals surface area contributed by atoms with Crippen molar-refractivity contribution >= 4 is 28.9 Å². The summed E-state index contributed by atoms with van der Waals surface area (Å²) in [5.74, 6) is -0.0620. The number of nitrogens with zero attached hydrogens (tertiary/aromatic N) is 2. The molecule has 0 saturated heterocycles. The fourth-order valence-electron chi connectivity index (χ4n) is 3.38. The first-order valence-corrected chi connectivity index (χ1v) is 11.0. The van der Waals surface area contributed by atoms with E-state index in [2.05, 4.69) is 6.92 Å². The van der Waals surface area contributed by atoms with Gasteiger partial charge in [0, 0.05) is 10.9 Å². The summed E-state index contributed by atoms with van der Waals surface area (Å²) in [6.45, 7) is 9.31. The van der Waals surface area contributed by atoms with E-state index in [0.29, 0.717) is 17.9 Å². The first-order chi connectivity index (χ1) is 13.8. The first kappa shape index (κ1) is 21.3. The molecule has 2 heterocycles. The summed E-state index contributed by atoms with van der Waals surface area (Å²) in [6, 6.07) is 4.98. The number of hydrogen-bond acceptors (Lipinski definition) is 6. The third kappa shape index (κ3) is 4.45. The molecule has 1 amide bonds. The molecular formula is C22H28N2O4S. The Hall–Kier alpha value is -2.41. The fourth-order valence-corrected chi connectivity index (χ4v) is 4.29. The summed E-state index contributed by atoms with van der Waals surface area (Å²) in [5.41, 5.74) is 2.35. The molecule has 1 aromatic carbocycles. The minimum Gasteiger partial charge on any atom is -0.479 e. The molecule has 156 valence electrons. The number of carbonyl (C=O) groups excluding carboxylic acids is 2. The lowest BCUT2D eigenvalue weighted by Gasteiger charge is -2.37. The molecule has 1 aliphatic rings. The summed E-state index contributed by atoms with van der Waals surface area (Å²) >= 11 is 1.63. The van der Waals surface area contributed by atoms with E-state index >= 15 is 0 Å². The van der Waals surface area contributed by atoms with E-state index in [1.807, 2.05) is 30.5 Å².